The molecule has 0 radical (unpaired) electrons. The molecule has 14 rings (SSSR count). The summed E-state index contributed by atoms with van der Waals surface area (Å²) in [6.07, 6.45) is 0. The van der Waals surface area contributed by atoms with Crippen molar-refractivity contribution in [3.05, 3.63) is 231 Å². The Morgan fingerprint density at radius 1 is 0.250 bits per heavy atom. The van der Waals surface area contributed by atoms with Crippen LogP contribution in [-0.2, 0) is 0 Å². The smallest absolute Gasteiger partial charge is 0.0619 e. The van der Waals surface area contributed by atoms with E-state index in [2.05, 4.69) is 240 Å². The maximum Gasteiger partial charge on any atom is 0.0619 e. The molecule has 11 aromatic carbocycles. The van der Waals surface area contributed by atoms with Gasteiger partial charge in [0.05, 0.1) is 27.8 Å². The number of hydrogen-bond acceptors (Lipinski definition) is 0. The summed E-state index contributed by atoms with van der Waals surface area (Å²) in [5, 5.41) is 10.1. The fraction of sp³-hybridized carbons (Fsp3) is 0. The topological polar surface area (TPSA) is 9.86 Å². The van der Waals surface area contributed by atoms with E-state index in [0.29, 0.717) is 0 Å². The third-order valence-corrected chi connectivity index (χ3v) is 13.9. The zero-order chi connectivity index (χ0) is 41.9. The highest BCUT2D eigenvalue weighted by atomic mass is 15.0. The van der Waals surface area contributed by atoms with Crippen LogP contribution in [0.25, 0.3) is 132 Å². The molecular formula is C62H38N2. The molecule has 0 atom stereocenters. The number of rotatable bonds is 5. The molecule has 0 bridgehead atoms. The van der Waals surface area contributed by atoms with E-state index in [0.717, 1.165) is 11.4 Å². The Morgan fingerprint density at radius 2 is 0.797 bits per heavy atom. The van der Waals surface area contributed by atoms with Crippen LogP contribution >= 0.6 is 0 Å². The van der Waals surface area contributed by atoms with Gasteiger partial charge < -0.3 is 9.13 Å². The lowest BCUT2D eigenvalue weighted by atomic mass is 9.92. The molecular weight excluding hydrogens is 773 g/mol. The van der Waals surface area contributed by atoms with E-state index in [1.807, 2.05) is 0 Å². The molecule has 0 amide bonds. The van der Waals surface area contributed by atoms with E-state index >= 15 is 0 Å². The number of nitrogens with zero attached hydrogens (tertiary/aromatic N) is 2. The lowest BCUT2D eigenvalue weighted by molar-refractivity contribution is 1.18. The molecule has 0 N–H and O–H groups in total. The zero-order valence-corrected chi connectivity index (χ0v) is 34.8. The fourth-order valence-electron chi connectivity index (χ4n) is 11.0. The molecule has 0 saturated carbocycles. The Hall–Kier alpha value is -8.46. The van der Waals surface area contributed by atoms with Crippen molar-refractivity contribution in [2.75, 3.05) is 0 Å². The number of benzene rings is 11. The minimum atomic E-state index is 1.16. The normalized spacial score (nSPS) is 12.1. The standard InChI is InChI=1S/C62H38N2/c1-2-17-44(18-3-1)63-59-37-40(30-32-52(59)56-33-28-39-14-4-5-20-47(39)62(56)63)41-29-31-51-50-23-9-11-27-58(50)64(60(51)38-41)57-26-10-8-19-46(57)43-16-12-15-42(36-43)45-34-35-55-49-22-7-6-21-48(49)54-25-13-24-53(45)61(54)55/h1-38H. The highest BCUT2D eigenvalue weighted by molar-refractivity contribution is 6.20. The van der Waals surface area contributed by atoms with Crippen molar-refractivity contribution in [1.29, 1.82) is 0 Å². The summed E-state index contributed by atoms with van der Waals surface area (Å²) in [6, 6.07) is 85.3. The van der Waals surface area contributed by atoms with Gasteiger partial charge in [-0.05, 0) is 109 Å². The van der Waals surface area contributed by atoms with Crippen LogP contribution in [0.4, 0.5) is 0 Å². The van der Waals surface area contributed by atoms with Crippen LogP contribution in [-0.4, -0.2) is 9.13 Å². The van der Waals surface area contributed by atoms with Gasteiger partial charge in [0.1, 0.15) is 0 Å². The molecule has 2 heterocycles. The summed E-state index contributed by atoms with van der Waals surface area (Å²) in [7, 11) is 0. The van der Waals surface area contributed by atoms with Crippen molar-refractivity contribution in [3.63, 3.8) is 0 Å². The Balaban J connectivity index is 0.944. The highest BCUT2D eigenvalue weighted by Gasteiger charge is 2.23. The molecule has 2 heteroatoms. The lowest BCUT2D eigenvalue weighted by Gasteiger charge is -2.16. The van der Waals surface area contributed by atoms with E-state index in [-0.39, 0.29) is 0 Å². The summed E-state index contributed by atoms with van der Waals surface area (Å²) in [4.78, 5) is 0. The summed E-state index contributed by atoms with van der Waals surface area (Å²) in [6.45, 7) is 0. The van der Waals surface area contributed by atoms with E-state index in [1.54, 1.807) is 0 Å². The molecule has 2 aromatic heterocycles. The fourth-order valence-corrected chi connectivity index (χ4v) is 11.0. The van der Waals surface area contributed by atoms with E-state index in [9.17, 15) is 0 Å². The molecule has 0 unspecified atom stereocenters. The minimum absolute atomic E-state index is 1.16. The molecule has 0 aliphatic heterocycles. The molecule has 13 aromatic rings. The first-order valence-corrected chi connectivity index (χ1v) is 22.2. The summed E-state index contributed by atoms with van der Waals surface area (Å²) >= 11 is 0. The largest absolute Gasteiger partial charge is 0.309 e. The average Bonchev–Trinajstić information content (AvgIpc) is 4.00. The predicted octanol–water partition coefficient (Wildman–Crippen LogP) is 16.8. The molecule has 1 aliphatic rings. The monoisotopic (exact) mass is 810 g/mol. The van der Waals surface area contributed by atoms with E-state index in [4.69, 9.17) is 0 Å². The number of hydrogen-bond donors (Lipinski definition) is 0. The predicted molar refractivity (Wildman–Crippen MR) is 271 cm³/mol. The summed E-state index contributed by atoms with van der Waals surface area (Å²) < 4.78 is 4.94. The highest BCUT2D eigenvalue weighted by Crippen LogP contribution is 2.50. The second-order valence-corrected chi connectivity index (χ2v) is 17.2. The third kappa shape index (κ3) is 5.02. The van der Waals surface area contributed by atoms with Gasteiger partial charge in [-0.2, -0.15) is 0 Å². The first-order valence-electron chi connectivity index (χ1n) is 22.2. The third-order valence-electron chi connectivity index (χ3n) is 13.9. The first-order chi connectivity index (χ1) is 31.8. The Kier molecular flexibility index (Phi) is 7.43. The Labute approximate surface area is 370 Å². The van der Waals surface area contributed by atoms with Gasteiger partial charge in [-0.25, -0.2) is 0 Å². The van der Waals surface area contributed by atoms with Gasteiger partial charge in [0.25, 0.3) is 0 Å². The van der Waals surface area contributed by atoms with Crippen LogP contribution in [0, 0.1) is 0 Å². The van der Waals surface area contributed by atoms with Crippen molar-refractivity contribution in [2.45, 2.75) is 0 Å². The summed E-state index contributed by atoms with van der Waals surface area (Å²) in [5.74, 6) is 0. The maximum atomic E-state index is 2.48. The molecule has 2 nitrogen and oxygen atoms in total. The molecule has 0 spiro atoms. The number of aromatic nitrogens is 2. The van der Waals surface area contributed by atoms with Crippen LogP contribution in [0.5, 0.6) is 0 Å². The number of para-hydroxylation sites is 3. The van der Waals surface area contributed by atoms with Crippen LogP contribution < -0.4 is 0 Å². The second kappa shape index (κ2) is 13.5. The molecule has 296 valence electrons. The van der Waals surface area contributed by atoms with Crippen molar-refractivity contribution >= 4 is 65.2 Å². The molecule has 0 fully saturated rings. The molecule has 64 heavy (non-hydrogen) atoms. The van der Waals surface area contributed by atoms with Crippen molar-refractivity contribution in [3.8, 4) is 67.0 Å². The molecule has 1 aliphatic carbocycles. The van der Waals surface area contributed by atoms with Gasteiger partial charge in [0, 0.05) is 38.2 Å². The Morgan fingerprint density at radius 3 is 1.61 bits per heavy atom. The van der Waals surface area contributed by atoms with E-state index in [1.165, 1.54) is 121 Å². The van der Waals surface area contributed by atoms with Gasteiger partial charge in [-0.15, -0.1) is 0 Å². The SMILES string of the molecule is c1ccc(-n2c3cc(-c4ccc5c6ccccc6n(-c6ccccc6-c6cccc(-c7ccc8c9c(cccc79)-c7ccccc7-8)c6)c5c4)ccc3c3ccc4ccccc4c32)cc1. The average molecular weight is 811 g/mol. The maximum absolute atomic E-state index is 2.48. The lowest BCUT2D eigenvalue weighted by Crippen LogP contribution is -1.97. The van der Waals surface area contributed by atoms with Gasteiger partial charge in [-0.3, -0.25) is 0 Å². The van der Waals surface area contributed by atoms with Gasteiger partial charge in [0.2, 0.25) is 0 Å². The molecule has 0 saturated heterocycles. The quantitative estimate of drug-likeness (QED) is 0.164. The summed E-state index contributed by atoms with van der Waals surface area (Å²) in [5.41, 5.74) is 19.6. The Bertz CT molecular complexity index is 4040. The van der Waals surface area contributed by atoms with Crippen molar-refractivity contribution < 1.29 is 0 Å². The van der Waals surface area contributed by atoms with Crippen LogP contribution in [0.15, 0.2) is 231 Å². The second-order valence-electron chi connectivity index (χ2n) is 17.2. The van der Waals surface area contributed by atoms with Crippen molar-refractivity contribution in [1.82, 2.24) is 9.13 Å². The number of fused-ring (bicyclic) bond motifs is 11. The van der Waals surface area contributed by atoms with Crippen LogP contribution in [0.1, 0.15) is 0 Å². The van der Waals surface area contributed by atoms with Crippen LogP contribution in [0.2, 0.25) is 0 Å². The zero-order valence-electron chi connectivity index (χ0n) is 34.8. The van der Waals surface area contributed by atoms with Gasteiger partial charge >= 0.3 is 0 Å². The van der Waals surface area contributed by atoms with Crippen molar-refractivity contribution in [2.24, 2.45) is 0 Å². The minimum Gasteiger partial charge on any atom is -0.309 e. The van der Waals surface area contributed by atoms with Crippen LogP contribution in [0.3, 0.4) is 0 Å². The van der Waals surface area contributed by atoms with Gasteiger partial charge in [-0.1, -0.05) is 188 Å². The first kappa shape index (κ1) is 35.2. The van der Waals surface area contributed by atoms with E-state index < -0.39 is 0 Å². The van der Waals surface area contributed by atoms with Gasteiger partial charge in [0.15, 0.2) is 0 Å².